The third-order valence-electron chi connectivity index (χ3n) is 4.13. The van der Waals surface area contributed by atoms with E-state index in [4.69, 9.17) is 4.55 Å². The molecule has 0 saturated heterocycles. The first-order valence-electron chi connectivity index (χ1n) is 8.41. The monoisotopic (exact) mass is 392 g/mol. The summed E-state index contributed by atoms with van der Waals surface area (Å²) in [4.78, 5) is 14.3. The molecule has 0 radical (unpaired) electrons. The zero-order valence-electron chi connectivity index (χ0n) is 14.6. The predicted molar refractivity (Wildman–Crippen MR) is 107 cm³/mol. The van der Waals surface area contributed by atoms with E-state index in [1.165, 1.54) is 24.5 Å². The van der Waals surface area contributed by atoms with Crippen LogP contribution < -0.4 is 0 Å². The number of H-pyrrole nitrogens is 2. The molecule has 0 aliphatic carbocycles. The van der Waals surface area contributed by atoms with Gasteiger partial charge in [-0.05, 0) is 30.3 Å². The quantitative estimate of drug-likeness (QED) is 0.393. The van der Waals surface area contributed by atoms with Crippen molar-refractivity contribution in [3.05, 3.63) is 79.1 Å². The van der Waals surface area contributed by atoms with Crippen molar-refractivity contribution < 1.29 is 13.0 Å². The van der Waals surface area contributed by atoms with Crippen LogP contribution in [0.1, 0.15) is 0 Å². The van der Waals surface area contributed by atoms with Crippen LogP contribution in [0.25, 0.3) is 33.5 Å². The lowest BCUT2D eigenvalue weighted by Gasteiger charge is -1.95. The first kappa shape index (κ1) is 17.9. The van der Waals surface area contributed by atoms with Gasteiger partial charge in [-0.2, -0.15) is 8.42 Å². The number of nitrogens with zero attached hydrogens (tertiary/aromatic N) is 2. The Kier molecular flexibility index (Phi) is 4.64. The summed E-state index contributed by atoms with van der Waals surface area (Å²) < 4.78 is 30.2. The Morgan fingerprint density at radius 1 is 0.821 bits per heavy atom. The molecule has 5 aromatic rings. The van der Waals surface area contributed by atoms with E-state index in [1.54, 1.807) is 0 Å². The molecule has 2 aromatic heterocycles. The van der Waals surface area contributed by atoms with Crippen molar-refractivity contribution >= 4 is 32.2 Å². The lowest BCUT2D eigenvalue weighted by atomic mass is 10.2. The second-order valence-electron chi connectivity index (χ2n) is 6.03. The van der Waals surface area contributed by atoms with Gasteiger partial charge < -0.3 is 9.97 Å². The molecule has 0 aliphatic heterocycles. The lowest BCUT2D eigenvalue weighted by molar-refractivity contribution is 0.483. The molecule has 3 N–H and O–H groups in total. The molecule has 0 atom stereocenters. The van der Waals surface area contributed by atoms with Crippen LogP contribution in [-0.4, -0.2) is 32.9 Å². The highest BCUT2D eigenvalue weighted by atomic mass is 32.2. The summed E-state index contributed by atoms with van der Waals surface area (Å²) in [5.74, 6) is 0.928. The number of hydrogen-bond acceptors (Lipinski definition) is 4. The standard InChI is InChI=1S/C13H10N2.C7H6N2O3S/c1-2-6-10(7-3-1)13-14-11-8-4-5-9-12(11)15-13;10-13(11,12)5-1-2-6-7(3-5)9-4-8-6/h1-9H,(H,14,15);1-4H,(H,8,9)(H,10,11,12). The highest BCUT2D eigenvalue weighted by Gasteiger charge is 2.10. The first-order valence-corrected chi connectivity index (χ1v) is 9.85. The van der Waals surface area contributed by atoms with Crippen molar-refractivity contribution in [1.82, 2.24) is 19.9 Å². The van der Waals surface area contributed by atoms with E-state index < -0.39 is 10.1 Å². The largest absolute Gasteiger partial charge is 0.345 e. The molecule has 28 heavy (non-hydrogen) atoms. The second kappa shape index (κ2) is 7.26. The van der Waals surface area contributed by atoms with Gasteiger partial charge in [-0.15, -0.1) is 0 Å². The summed E-state index contributed by atoms with van der Waals surface area (Å²) in [6.45, 7) is 0. The lowest BCUT2D eigenvalue weighted by Crippen LogP contribution is -1.97. The SMILES string of the molecule is O=S(=O)(O)c1ccc2nc[nH]c2c1.c1ccc(-c2nc3ccccc3[nH]2)cc1. The van der Waals surface area contributed by atoms with E-state index in [0.29, 0.717) is 11.0 Å². The van der Waals surface area contributed by atoms with E-state index >= 15 is 0 Å². The molecule has 0 fully saturated rings. The molecule has 2 heterocycles. The second-order valence-corrected chi connectivity index (χ2v) is 7.45. The Hall–Kier alpha value is -3.49. The number of nitrogens with one attached hydrogen (secondary N) is 2. The molecular formula is C20H16N4O3S. The zero-order chi connectivity index (χ0) is 19.6. The summed E-state index contributed by atoms with van der Waals surface area (Å²) in [7, 11) is -4.12. The van der Waals surface area contributed by atoms with Gasteiger partial charge in [-0.25, -0.2) is 9.97 Å². The molecule has 7 nitrogen and oxygen atoms in total. The van der Waals surface area contributed by atoms with Crippen molar-refractivity contribution in [3.63, 3.8) is 0 Å². The molecule has 0 spiro atoms. The van der Waals surface area contributed by atoms with E-state index in [0.717, 1.165) is 22.4 Å². The van der Waals surface area contributed by atoms with Gasteiger partial charge in [0.2, 0.25) is 0 Å². The molecule has 0 bridgehead atoms. The maximum Gasteiger partial charge on any atom is 0.294 e. The predicted octanol–water partition coefficient (Wildman–Crippen LogP) is 4.04. The topological polar surface area (TPSA) is 112 Å². The van der Waals surface area contributed by atoms with Gasteiger partial charge in [-0.3, -0.25) is 4.55 Å². The van der Waals surface area contributed by atoms with E-state index in [-0.39, 0.29) is 4.90 Å². The van der Waals surface area contributed by atoms with Crippen molar-refractivity contribution in [1.29, 1.82) is 0 Å². The Labute approximate surface area is 160 Å². The number of hydrogen-bond donors (Lipinski definition) is 3. The van der Waals surface area contributed by atoms with Crippen molar-refractivity contribution in [2.45, 2.75) is 4.90 Å². The third kappa shape index (κ3) is 3.78. The average molecular weight is 392 g/mol. The molecule has 0 saturated carbocycles. The minimum atomic E-state index is -4.12. The minimum absolute atomic E-state index is 0.135. The van der Waals surface area contributed by atoms with E-state index in [1.807, 2.05) is 42.5 Å². The van der Waals surface area contributed by atoms with Gasteiger partial charge in [0.25, 0.3) is 10.1 Å². The van der Waals surface area contributed by atoms with E-state index in [9.17, 15) is 8.42 Å². The van der Waals surface area contributed by atoms with Crippen molar-refractivity contribution in [2.75, 3.05) is 0 Å². The van der Waals surface area contributed by atoms with Crippen molar-refractivity contribution in [2.24, 2.45) is 0 Å². The molecule has 140 valence electrons. The summed E-state index contributed by atoms with van der Waals surface area (Å²) >= 11 is 0. The number of imidazole rings is 2. The minimum Gasteiger partial charge on any atom is -0.345 e. The summed E-state index contributed by atoms with van der Waals surface area (Å²) in [6, 6.07) is 22.4. The maximum absolute atomic E-state index is 10.7. The Morgan fingerprint density at radius 3 is 2.32 bits per heavy atom. The molecular weight excluding hydrogens is 376 g/mol. The van der Waals surface area contributed by atoms with Crippen LogP contribution in [0.4, 0.5) is 0 Å². The molecule has 8 heteroatoms. The molecule has 0 unspecified atom stereocenters. The smallest absolute Gasteiger partial charge is 0.294 e. The van der Waals surface area contributed by atoms with Gasteiger partial charge in [0.05, 0.1) is 33.3 Å². The summed E-state index contributed by atoms with van der Waals surface area (Å²) in [6.07, 6.45) is 1.46. The number of fused-ring (bicyclic) bond motifs is 2. The molecule has 3 aromatic carbocycles. The summed E-state index contributed by atoms with van der Waals surface area (Å²) in [5, 5.41) is 0. The average Bonchev–Trinajstić information content (AvgIpc) is 3.34. The van der Waals surface area contributed by atoms with Crippen LogP contribution in [-0.2, 0) is 10.1 Å². The fourth-order valence-electron chi connectivity index (χ4n) is 2.76. The Morgan fingerprint density at radius 2 is 1.57 bits per heavy atom. The van der Waals surface area contributed by atoms with Crippen LogP contribution in [0.15, 0.2) is 84.0 Å². The molecule has 0 amide bonds. The highest BCUT2D eigenvalue weighted by molar-refractivity contribution is 7.85. The van der Waals surface area contributed by atoms with Gasteiger partial charge in [0.15, 0.2) is 0 Å². The third-order valence-corrected chi connectivity index (χ3v) is 4.98. The fraction of sp³-hybridized carbons (Fsp3) is 0. The first-order chi connectivity index (χ1) is 13.5. The van der Waals surface area contributed by atoms with Gasteiger partial charge >= 0.3 is 0 Å². The van der Waals surface area contributed by atoms with Gasteiger partial charge in [0.1, 0.15) is 5.82 Å². The van der Waals surface area contributed by atoms with E-state index in [2.05, 4.69) is 32.1 Å². The van der Waals surface area contributed by atoms with Crippen molar-refractivity contribution in [3.8, 4) is 11.4 Å². The highest BCUT2D eigenvalue weighted by Crippen LogP contribution is 2.19. The van der Waals surface area contributed by atoms with Crippen LogP contribution in [0.2, 0.25) is 0 Å². The number of rotatable bonds is 2. The fourth-order valence-corrected chi connectivity index (χ4v) is 3.27. The Bertz CT molecular complexity index is 1310. The Balaban J connectivity index is 0.000000139. The summed E-state index contributed by atoms with van der Waals surface area (Å²) in [5.41, 5.74) is 4.45. The normalized spacial score (nSPS) is 11.3. The van der Waals surface area contributed by atoms with Crippen LogP contribution in [0.3, 0.4) is 0 Å². The number of aromatic nitrogens is 4. The van der Waals surface area contributed by atoms with Crippen LogP contribution in [0, 0.1) is 0 Å². The zero-order valence-corrected chi connectivity index (χ0v) is 15.4. The van der Waals surface area contributed by atoms with Crippen LogP contribution in [0.5, 0.6) is 0 Å². The van der Waals surface area contributed by atoms with Crippen LogP contribution >= 0.6 is 0 Å². The van der Waals surface area contributed by atoms with Gasteiger partial charge in [-0.1, -0.05) is 42.5 Å². The number of benzene rings is 3. The molecule has 0 aliphatic rings. The number of aromatic amines is 2. The number of para-hydroxylation sites is 2. The maximum atomic E-state index is 10.7. The van der Waals surface area contributed by atoms with Gasteiger partial charge in [0, 0.05) is 5.56 Å². The molecule has 5 rings (SSSR count).